The van der Waals surface area contributed by atoms with Crippen molar-refractivity contribution >= 4 is 17.9 Å². The highest BCUT2D eigenvalue weighted by Crippen LogP contribution is 2.17. The maximum atomic E-state index is 13.0. The molecule has 0 aliphatic carbocycles. The molecule has 0 spiro atoms. The first-order valence-corrected chi connectivity index (χ1v) is 33.7. The van der Waals surface area contributed by atoms with Gasteiger partial charge in [0.15, 0.2) is 6.10 Å². The van der Waals surface area contributed by atoms with E-state index in [1.54, 1.807) is 0 Å². The van der Waals surface area contributed by atoms with E-state index in [1.807, 2.05) is 6.08 Å². The first kappa shape index (κ1) is 76.5. The molecule has 0 aliphatic heterocycles. The topological polar surface area (TPSA) is 78.9 Å². The predicted molar refractivity (Wildman–Crippen MR) is 353 cm³/mol. The van der Waals surface area contributed by atoms with Gasteiger partial charge in [0.25, 0.3) is 0 Å². The van der Waals surface area contributed by atoms with Crippen LogP contribution in [0, 0.1) is 0 Å². The number of carbonyl (C=O) groups is 3. The van der Waals surface area contributed by atoms with E-state index in [9.17, 15) is 14.4 Å². The van der Waals surface area contributed by atoms with Gasteiger partial charge in [-0.2, -0.15) is 0 Å². The molecule has 0 rings (SSSR count). The Hall–Kier alpha value is -4.45. The fraction of sp³-hybridized carbons (Fsp3) is 0.667. The third-order valence-electron chi connectivity index (χ3n) is 14.2. The molecule has 6 nitrogen and oxygen atoms in total. The number of hydrogen-bond donors (Lipinski definition) is 0. The summed E-state index contributed by atoms with van der Waals surface area (Å²) in [5, 5.41) is 0. The lowest BCUT2D eigenvalue weighted by Crippen LogP contribution is -2.30. The summed E-state index contributed by atoms with van der Waals surface area (Å²) < 4.78 is 16.9. The van der Waals surface area contributed by atoms with E-state index in [0.29, 0.717) is 19.3 Å². The van der Waals surface area contributed by atoms with Gasteiger partial charge in [-0.05, 0) is 103 Å². The Morgan fingerprint density at radius 1 is 0.259 bits per heavy atom. The fourth-order valence-corrected chi connectivity index (χ4v) is 9.20. The second kappa shape index (κ2) is 68.1. The third kappa shape index (κ3) is 66.2. The van der Waals surface area contributed by atoms with E-state index in [2.05, 4.69) is 148 Å². The van der Waals surface area contributed by atoms with Gasteiger partial charge >= 0.3 is 17.9 Å². The van der Waals surface area contributed by atoms with Crippen LogP contribution in [-0.4, -0.2) is 37.2 Å². The molecule has 0 N–H and O–H groups in total. The molecule has 0 amide bonds. The molecule has 0 aliphatic rings. The minimum Gasteiger partial charge on any atom is -0.462 e. The zero-order valence-electron chi connectivity index (χ0n) is 52.8. The number of unbranched alkanes of at least 4 members (excludes halogenated alkanes) is 27. The Balaban J connectivity index is 4.49. The van der Waals surface area contributed by atoms with Crippen molar-refractivity contribution in [3.05, 3.63) is 134 Å². The van der Waals surface area contributed by atoms with Crippen molar-refractivity contribution in [2.75, 3.05) is 13.2 Å². The average molecular weight is 1120 g/mol. The van der Waals surface area contributed by atoms with Crippen LogP contribution >= 0.6 is 0 Å². The molecule has 0 aromatic carbocycles. The van der Waals surface area contributed by atoms with Crippen LogP contribution in [0.5, 0.6) is 0 Å². The zero-order chi connectivity index (χ0) is 58.5. The highest BCUT2D eigenvalue weighted by Gasteiger charge is 2.19. The SMILES string of the molecule is CC/C=C\C/C=C\C/C=C\C/C=C\C/C=C\C/C=C\CCC(=O)OCC(COC(=O)CCCCCCCCC/C=C\C/C=C\C/C=C\C/C=C\C/C=C\CC)OC(=O)CCCCCCCCCCCCCCCCCCCCCCC. The second-order valence-corrected chi connectivity index (χ2v) is 22.0. The number of rotatable bonds is 60. The Labute approximate surface area is 500 Å². The Morgan fingerprint density at radius 2 is 0.506 bits per heavy atom. The molecule has 0 aromatic rings. The molecule has 460 valence electrons. The molecule has 6 heteroatoms. The molecule has 0 fully saturated rings. The molecular weight excluding hydrogens is 997 g/mol. The third-order valence-corrected chi connectivity index (χ3v) is 14.2. The molecule has 0 bridgehead atoms. The van der Waals surface area contributed by atoms with Crippen molar-refractivity contribution in [2.24, 2.45) is 0 Å². The molecule has 1 unspecified atom stereocenters. The average Bonchev–Trinajstić information content (AvgIpc) is 3.47. The molecule has 0 aromatic heterocycles. The monoisotopic (exact) mass is 1120 g/mol. The van der Waals surface area contributed by atoms with Crippen LogP contribution in [0.15, 0.2) is 134 Å². The highest BCUT2D eigenvalue weighted by molar-refractivity contribution is 5.71. The Kier molecular flexibility index (Phi) is 64.3. The van der Waals surface area contributed by atoms with Crippen molar-refractivity contribution in [1.29, 1.82) is 0 Å². The van der Waals surface area contributed by atoms with Gasteiger partial charge in [0.2, 0.25) is 0 Å². The number of carbonyl (C=O) groups excluding carboxylic acids is 3. The molecule has 0 radical (unpaired) electrons. The molecular formula is C75H124O6. The van der Waals surface area contributed by atoms with Crippen molar-refractivity contribution in [3.63, 3.8) is 0 Å². The van der Waals surface area contributed by atoms with Crippen molar-refractivity contribution in [1.82, 2.24) is 0 Å². The predicted octanol–water partition coefficient (Wildman–Crippen LogP) is 23.3. The summed E-state index contributed by atoms with van der Waals surface area (Å²) in [6.07, 6.45) is 96.2. The summed E-state index contributed by atoms with van der Waals surface area (Å²) >= 11 is 0. The smallest absolute Gasteiger partial charge is 0.306 e. The van der Waals surface area contributed by atoms with Gasteiger partial charge in [-0.25, -0.2) is 0 Å². The van der Waals surface area contributed by atoms with E-state index < -0.39 is 6.10 Å². The minimum absolute atomic E-state index is 0.109. The normalized spacial score (nSPS) is 13.0. The maximum absolute atomic E-state index is 13.0. The highest BCUT2D eigenvalue weighted by atomic mass is 16.6. The summed E-state index contributed by atoms with van der Waals surface area (Å²) in [6.45, 7) is 6.37. The molecule has 0 heterocycles. The van der Waals surface area contributed by atoms with Gasteiger partial charge in [-0.15, -0.1) is 0 Å². The van der Waals surface area contributed by atoms with Gasteiger partial charge in [0.05, 0.1) is 0 Å². The van der Waals surface area contributed by atoms with E-state index in [1.165, 1.54) is 141 Å². The number of esters is 3. The van der Waals surface area contributed by atoms with Crippen LogP contribution in [-0.2, 0) is 28.6 Å². The van der Waals surface area contributed by atoms with Crippen LogP contribution in [0.2, 0.25) is 0 Å². The largest absolute Gasteiger partial charge is 0.462 e. The lowest BCUT2D eigenvalue weighted by atomic mass is 10.0. The second-order valence-electron chi connectivity index (χ2n) is 22.0. The summed E-state index contributed by atoms with van der Waals surface area (Å²) in [5.74, 6) is -0.998. The van der Waals surface area contributed by atoms with Crippen molar-refractivity contribution < 1.29 is 28.6 Å². The van der Waals surface area contributed by atoms with E-state index >= 15 is 0 Å². The minimum atomic E-state index is -0.819. The van der Waals surface area contributed by atoms with Crippen LogP contribution in [0.4, 0.5) is 0 Å². The summed E-state index contributed by atoms with van der Waals surface area (Å²) in [6, 6.07) is 0. The Morgan fingerprint density at radius 3 is 0.827 bits per heavy atom. The van der Waals surface area contributed by atoms with E-state index in [4.69, 9.17) is 14.2 Å². The van der Waals surface area contributed by atoms with Gasteiger partial charge in [-0.1, -0.05) is 315 Å². The van der Waals surface area contributed by atoms with Gasteiger partial charge in [-0.3, -0.25) is 14.4 Å². The lowest BCUT2D eigenvalue weighted by Gasteiger charge is -2.18. The van der Waals surface area contributed by atoms with Gasteiger partial charge in [0.1, 0.15) is 13.2 Å². The fourth-order valence-electron chi connectivity index (χ4n) is 9.20. The molecule has 1 atom stereocenters. The summed E-state index contributed by atoms with van der Waals surface area (Å²) in [5.41, 5.74) is 0. The summed E-state index contributed by atoms with van der Waals surface area (Å²) in [4.78, 5) is 38.4. The first-order chi connectivity index (χ1) is 40.0. The standard InChI is InChI=1S/C75H124O6/c1-4-7-10-13-16-19-22-25-28-31-34-36-37-39-41-44-47-50-53-56-59-62-65-68-74(77)80-71-72(70-79-73(76)67-64-61-58-55-52-49-46-43-40-33-30-27-24-21-18-15-12-9-6-3)81-75(78)69-66-63-60-57-54-51-48-45-42-38-35-32-29-26-23-20-17-14-11-8-5-2/h7,9-10,12,16,18-19,21,25,27-28,30,34,36,39-41,43,49,52,58,61,72H,4-6,8,11,13-15,17,20,22-24,26,29,31-33,35,37-38,42,44-48,50-51,53-57,59-60,62-71H2,1-3H3/b10-7-,12-9-,19-16-,21-18-,28-25-,30-27-,36-34-,41-39-,43-40-,52-49-,61-58-. The summed E-state index contributed by atoms with van der Waals surface area (Å²) in [7, 11) is 0. The van der Waals surface area contributed by atoms with Crippen LogP contribution < -0.4 is 0 Å². The van der Waals surface area contributed by atoms with Crippen LogP contribution in [0.3, 0.4) is 0 Å². The van der Waals surface area contributed by atoms with E-state index in [-0.39, 0.29) is 37.5 Å². The number of hydrogen-bond acceptors (Lipinski definition) is 6. The van der Waals surface area contributed by atoms with E-state index in [0.717, 1.165) is 116 Å². The van der Waals surface area contributed by atoms with Crippen molar-refractivity contribution in [2.45, 2.75) is 309 Å². The quantitative estimate of drug-likeness (QED) is 0.0261. The zero-order valence-corrected chi connectivity index (χ0v) is 52.8. The van der Waals surface area contributed by atoms with Crippen LogP contribution in [0.25, 0.3) is 0 Å². The first-order valence-electron chi connectivity index (χ1n) is 33.7. The number of ether oxygens (including phenoxy) is 3. The molecule has 0 saturated carbocycles. The molecule has 81 heavy (non-hydrogen) atoms. The van der Waals surface area contributed by atoms with Gasteiger partial charge < -0.3 is 14.2 Å². The van der Waals surface area contributed by atoms with Crippen molar-refractivity contribution in [3.8, 4) is 0 Å². The maximum Gasteiger partial charge on any atom is 0.306 e. The lowest BCUT2D eigenvalue weighted by molar-refractivity contribution is -0.166. The number of allylic oxidation sites excluding steroid dienone is 22. The molecule has 0 saturated heterocycles. The van der Waals surface area contributed by atoms with Crippen LogP contribution in [0.1, 0.15) is 303 Å². The van der Waals surface area contributed by atoms with Gasteiger partial charge in [0, 0.05) is 19.3 Å². The Bertz CT molecular complexity index is 1720.